The number of ether oxygens (including phenoxy) is 3. The second kappa shape index (κ2) is 5.33. The van der Waals surface area contributed by atoms with E-state index in [-0.39, 0.29) is 24.5 Å². The van der Waals surface area contributed by atoms with Crippen molar-refractivity contribution >= 4 is 5.97 Å². The van der Waals surface area contributed by atoms with Gasteiger partial charge in [0.25, 0.3) is 0 Å². The Hall–Kier alpha value is -2.36. The highest BCUT2D eigenvalue weighted by Crippen LogP contribution is 2.42. The smallest absolute Gasteiger partial charge is 0.465 e. The molecule has 0 fully saturated rings. The summed E-state index contributed by atoms with van der Waals surface area (Å²) < 4.78 is 39.3. The van der Waals surface area contributed by atoms with E-state index in [1.807, 2.05) is 6.07 Å². The fraction of sp³-hybridized carbons (Fsp3) is 0.385. The molecule has 0 N–H and O–H groups in total. The zero-order valence-corrected chi connectivity index (χ0v) is 10.6. The van der Waals surface area contributed by atoms with Crippen LogP contribution in [0.3, 0.4) is 0 Å². The molecule has 0 saturated carbocycles. The van der Waals surface area contributed by atoms with E-state index in [4.69, 9.17) is 10.00 Å². The van der Waals surface area contributed by atoms with E-state index in [1.54, 1.807) is 6.92 Å². The third-order valence-electron chi connectivity index (χ3n) is 2.69. The minimum absolute atomic E-state index is 0.113. The summed E-state index contributed by atoms with van der Waals surface area (Å²) in [4.78, 5) is 11.8. The van der Waals surface area contributed by atoms with Gasteiger partial charge in [-0.1, -0.05) is 6.07 Å². The van der Waals surface area contributed by atoms with E-state index in [2.05, 4.69) is 9.47 Å². The maximum Gasteiger partial charge on any atom is 0.586 e. The number of alkyl halides is 2. The van der Waals surface area contributed by atoms with Gasteiger partial charge >= 0.3 is 12.3 Å². The lowest BCUT2D eigenvalue weighted by molar-refractivity contribution is -0.286. The third kappa shape index (κ3) is 2.79. The predicted molar refractivity (Wildman–Crippen MR) is 62.2 cm³/mol. The molecule has 0 bridgehead atoms. The van der Waals surface area contributed by atoms with Crippen molar-refractivity contribution in [3.05, 3.63) is 23.8 Å². The van der Waals surface area contributed by atoms with E-state index in [1.165, 1.54) is 18.2 Å². The summed E-state index contributed by atoms with van der Waals surface area (Å²) in [5.41, 5.74) is 0.366. The number of benzene rings is 1. The summed E-state index contributed by atoms with van der Waals surface area (Å²) in [5, 5.41) is 8.76. The highest BCUT2D eigenvalue weighted by Gasteiger charge is 2.43. The molecule has 1 heterocycles. The Morgan fingerprint density at radius 2 is 2.15 bits per heavy atom. The summed E-state index contributed by atoms with van der Waals surface area (Å²) in [6.07, 6.45) is -3.83. The van der Waals surface area contributed by atoms with E-state index >= 15 is 0 Å². The Bertz CT molecular complexity index is 568. The zero-order chi connectivity index (χ0) is 14.8. The number of nitriles is 1. The third-order valence-corrected chi connectivity index (χ3v) is 2.69. The van der Waals surface area contributed by atoms with Gasteiger partial charge < -0.3 is 14.2 Å². The van der Waals surface area contributed by atoms with Crippen LogP contribution in [0.15, 0.2) is 18.2 Å². The Balaban J connectivity index is 2.28. The Morgan fingerprint density at radius 3 is 2.80 bits per heavy atom. The SMILES string of the molecule is CCOC(=O)C(CC#N)c1ccc2c(c1)OC(F)(F)O2. The van der Waals surface area contributed by atoms with Crippen LogP contribution in [-0.2, 0) is 9.53 Å². The molecular weight excluding hydrogens is 272 g/mol. The van der Waals surface area contributed by atoms with Crippen LogP contribution < -0.4 is 9.47 Å². The average molecular weight is 283 g/mol. The van der Waals surface area contributed by atoms with Crippen molar-refractivity contribution in [2.75, 3.05) is 6.61 Å². The number of rotatable bonds is 4. The van der Waals surface area contributed by atoms with Crippen molar-refractivity contribution in [2.24, 2.45) is 0 Å². The molecular formula is C13H11F2NO4. The number of nitrogens with zero attached hydrogens (tertiary/aromatic N) is 1. The number of carbonyl (C=O) groups is 1. The summed E-state index contributed by atoms with van der Waals surface area (Å²) in [6, 6.07) is 5.83. The summed E-state index contributed by atoms with van der Waals surface area (Å²) >= 11 is 0. The van der Waals surface area contributed by atoms with Crippen molar-refractivity contribution in [3.8, 4) is 17.6 Å². The topological polar surface area (TPSA) is 68.6 Å². The second-order valence-corrected chi connectivity index (χ2v) is 4.04. The number of fused-ring (bicyclic) bond motifs is 1. The Kier molecular flexibility index (Phi) is 3.74. The first-order valence-electron chi connectivity index (χ1n) is 5.90. The maximum absolute atomic E-state index is 12.9. The van der Waals surface area contributed by atoms with Crippen molar-refractivity contribution in [1.29, 1.82) is 5.26 Å². The zero-order valence-electron chi connectivity index (χ0n) is 10.6. The van der Waals surface area contributed by atoms with Crippen molar-refractivity contribution in [3.63, 3.8) is 0 Å². The van der Waals surface area contributed by atoms with Crippen LogP contribution >= 0.6 is 0 Å². The Labute approximate surface area is 113 Å². The summed E-state index contributed by atoms with van der Waals surface area (Å²) in [6.45, 7) is 1.81. The molecule has 0 aromatic heterocycles. The van der Waals surface area contributed by atoms with Gasteiger partial charge in [-0.05, 0) is 24.6 Å². The first-order valence-corrected chi connectivity index (χ1v) is 5.90. The van der Waals surface area contributed by atoms with Crippen LogP contribution in [0.2, 0.25) is 0 Å². The molecule has 0 saturated heterocycles. The van der Waals surface area contributed by atoms with Gasteiger partial charge in [0, 0.05) is 0 Å². The van der Waals surface area contributed by atoms with Gasteiger partial charge in [-0.15, -0.1) is 8.78 Å². The summed E-state index contributed by atoms with van der Waals surface area (Å²) in [5.74, 6) is -1.71. The molecule has 2 rings (SSSR count). The van der Waals surface area contributed by atoms with Crippen LogP contribution in [0.1, 0.15) is 24.8 Å². The highest BCUT2D eigenvalue weighted by molar-refractivity contribution is 5.79. The number of esters is 1. The monoisotopic (exact) mass is 283 g/mol. The van der Waals surface area contributed by atoms with E-state index in [9.17, 15) is 13.6 Å². The number of carbonyl (C=O) groups excluding carboxylic acids is 1. The molecule has 0 radical (unpaired) electrons. The second-order valence-electron chi connectivity index (χ2n) is 4.04. The first-order chi connectivity index (χ1) is 9.46. The van der Waals surface area contributed by atoms with Gasteiger partial charge in [-0.3, -0.25) is 4.79 Å². The molecule has 106 valence electrons. The normalized spacial score (nSPS) is 16.3. The maximum atomic E-state index is 12.9. The van der Waals surface area contributed by atoms with Gasteiger partial charge in [0.1, 0.15) is 0 Å². The predicted octanol–water partition coefficient (Wildman–Crippen LogP) is 2.57. The molecule has 7 heteroatoms. The van der Waals surface area contributed by atoms with Gasteiger partial charge in [0.2, 0.25) is 0 Å². The fourth-order valence-electron chi connectivity index (χ4n) is 1.85. The molecule has 0 amide bonds. The van der Waals surface area contributed by atoms with Crippen LogP contribution in [0.4, 0.5) is 8.78 Å². The van der Waals surface area contributed by atoms with Gasteiger partial charge in [-0.2, -0.15) is 5.26 Å². The lowest BCUT2D eigenvalue weighted by Crippen LogP contribution is -2.25. The molecule has 0 spiro atoms. The van der Waals surface area contributed by atoms with Crippen molar-refractivity contribution in [2.45, 2.75) is 25.6 Å². The quantitative estimate of drug-likeness (QED) is 0.794. The standard InChI is InChI=1S/C13H11F2NO4/c1-2-18-12(17)9(5-6-16)8-3-4-10-11(7-8)20-13(14,15)19-10/h3-4,7,9H,2,5H2,1H3. The number of hydrogen-bond acceptors (Lipinski definition) is 5. The van der Waals surface area contributed by atoms with E-state index in [0.29, 0.717) is 5.56 Å². The number of halogens is 2. The van der Waals surface area contributed by atoms with Crippen molar-refractivity contribution in [1.82, 2.24) is 0 Å². The summed E-state index contributed by atoms with van der Waals surface area (Å²) in [7, 11) is 0. The fourth-order valence-corrected chi connectivity index (χ4v) is 1.85. The lowest BCUT2D eigenvalue weighted by Gasteiger charge is -2.13. The highest BCUT2D eigenvalue weighted by atomic mass is 19.3. The minimum Gasteiger partial charge on any atom is -0.465 e. The molecule has 1 unspecified atom stereocenters. The molecule has 20 heavy (non-hydrogen) atoms. The molecule has 1 aliphatic rings. The molecule has 1 atom stereocenters. The Morgan fingerprint density at radius 1 is 1.45 bits per heavy atom. The molecule has 5 nitrogen and oxygen atoms in total. The van der Waals surface area contributed by atoms with E-state index in [0.717, 1.165) is 0 Å². The van der Waals surface area contributed by atoms with Crippen LogP contribution in [0, 0.1) is 11.3 Å². The molecule has 1 aromatic carbocycles. The van der Waals surface area contributed by atoms with Gasteiger partial charge in [0.05, 0.1) is 25.0 Å². The van der Waals surface area contributed by atoms with Gasteiger partial charge in [0.15, 0.2) is 11.5 Å². The van der Waals surface area contributed by atoms with Crippen LogP contribution in [0.5, 0.6) is 11.5 Å². The lowest BCUT2D eigenvalue weighted by atomic mass is 9.96. The van der Waals surface area contributed by atoms with Crippen LogP contribution in [0.25, 0.3) is 0 Å². The molecule has 1 aromatic rings. The van der Waals surface area contributed by atoms with Crippen LogP contribution in [-0.4, -0.2) is 18.9 Å². The molecule has 0 aliphatic carbocycles. The van der Waals surface area contributed by atoms with Gasteiger partial charge in [-0.25, -0.2) is 0 Å². The number of hydrogen-bond donors (Lipinski definition) is 0. The minimum atomic E-state index is -3.71. The molecule has 1 aliphatic heterocycles. The van der Waals surface area contributed by atoms with Crippen molar-refractivity contribution < 1.29 is 27.8 Å². The van der Waals surface area contributed by atoms with E-state index < -0.39 is 18.2 Å². The first kappa shape index (κ1) is 14.1. The largest absolute Gasteiger partial charge is 0.586 e. The average Bonchev–Trinajstić information content (AvgIpc) is 2.68.